The Kier molecular flexibility index (Phi) is 5.85. The summed E-state index contributed by atoms with van der Waals surface area (Å²) in [5.74, 6) is 0.659. The van der Waals surface area contributed by atoms with Crippen LogP contribution in [-0.2, 0) is 11.2 Å². The molecule has 132 valence electrons. The minimum Gasteiger partial charge on any atom is -0.318 e. The Morgan fingerprint density at radius 3 is 2.40 bits per heavy atom. The molecule has 2 aromatic rings. The molecule has 0 radical (unpaired) electrons. The standard InChI is InChI=1S/C22H26FNO/c1-24(16-25)21-12-9-18(10-13-21)19-11-14-22(23)20(15-19)8-7-17-5-3-2-4-6-17/h9-17H,2-8H2,1H3. The van der Waals surface area contributed by atoms with Gasteiger partial charge in [0.15, 0.2) is 0 Å². The molecule has 0 bridgehead atoms. The molecule has 0 heterocycles. The number of hydrogen-bond acceptors (Lipinski definition) is 1. The van der Waals surface area contributed by atoms with Gasteiger partial charge in [0, 0.05) is 12.7 Å². The van der Waals surface area contributed by atoms with Crippen molar-refractivity contribution in [3.05, 3.63) is 53.8 Å². The van der Waals surface area contributed by atoms with E-state index in [2.05, 4.69) is 0 Å². The zero-order chi connectivity index (χ0) is 17.6. The van der Waals surface area contributed by atoms with E-state index in [1.807, 2.05) is 36.4 Å². The molecule has 1 aliphatic carbocycles. The van der Waals surface area contributed by atoms with Crippen LogP contribution in [0.1, 0.15) is 44.1 Å². The highest BCUT2D eigenvalue weighted by atomic mass is 19.1. The van der Waals surface area contributed by atoms with E-state index in [4.69, 9.17) is 0 Å². The first-order valence-electron chi connectivity index (χ1n) is 9.24. The van der Waals surface area contributed by atoms with Crippen LogP contribution in [0, 0.1) is 11.7 Å². The summed E-state index contributed by atoms with van der Waals surface area (Å²) in [6.45, 7) is 0. The predicted octanol–water partition coefficient (Wildman–Crippen LogP) is 5.60. The van der Waals surface area contributed by atoms with Crippen molar-refractivity contribution in [1.29, 1.82) is 0 Å². The average Bonchev–Trinajstić information content (AvgIpc) is 2.67. The van der Waals surface area contributed by atoms with Crippen molar-refractivity contribution in [2.45, 2.75) is 44.9 Å². The van der Waals surface area contributed by atoms with E-state index in [0.29, 0.717) is 0 Å². The maximum absolute atomic E-state index is 14.2. The van der Waals surface area contributed by atoms with Crippen LogP contribution in [-0.4, -0.2) is 13.5 Å². The Balaban J connectivity index is 1.72. The lowest BCUT2D eigenvalue weighted by molar-refractivity contribution is -0.107. The van der Waals surface area contributed by atoms with Crippen molar-refractivity contribution in [3.63, 3.8) is 0 Å². The number of halogens is 1. The molecule has 1 saturated carbocycles. The minimum atomic E-state index is -0.100. The summed E-state index contributed by atoms with van der Waals surface area (Å²) < 4.78 is 14.2. The molecule has 3 heteroatoms. The van der Waals surface area contributed by atoms with Gasteiger partial charge in [0.05, 0.1) is 0 Å². The first-order valence-corrected chi connectivity index (χ1v) is 9.24. The van der Waals surface area contributed by atoms with Crippen LogP contribution in [0.3, 0.4) is 0 Å². The van der Waals surface area contributed by atoms with Gasteiger partial charge in [0.25, 0.3) is 0 Å². The molecule has 0 aromatic heterocycles. The number of nitrogens with zero attached hydrogens (tertiary/aromatic N) is 1. The van der Waals surface area contributed by atoms with E-state index in [9.17, 15) is 9.18 Å². The van der Waals surface area contributed by atoms with Gasteiger partial charge >= 0.3 is 0 Å². The van der Waals surface area contributed by atoms with Crippen molar-refractivity contribution < 1.29 is 9.18 Å². The second kappa shape index (κ2) is 8.28. The predicted molar refractivity (Wildman–Crippen MR) is 101 cm³/mol. The summed E-state index contributed by atoms with van der Waals surface area (Å²) in [5.41, 5.74) is 3.73. The van der Waals surface area contributed by atoms with E-state index >= 15 is 0 Å². The number of benzene rings is 2. The zero-order valence-electron chi connectivity index (χ0n) is 14.9. The van der Waals surface area contributed by atoms with Crippen LogP contribution in [0.5, 0.6) is 0 Å². The number of amides is 1. The fourth-order valence-corrected chi connectivity index (χ4v) is 3.73. The fourth-order valence-electron chi connectivity index (χ4n) is 3.73. The number of carbonyl (C=O) groups excluding carboxylic acids is 1. The smallest absolute Gasteiger partial charge is 0.213 e. The third-order valence-electron chi connectivity index (χ3n) is 5.36. The van der Waals surface area contributed by atoms with Crippen molar-refractivity contribution in [1.82, 2.24) is 0 Å². The summed E-state index contributed by atoms with van der Waals surface area (Å²) in [4.78, 5) is 12.4. The molecule has 1 aliphatic rings. The van der Waals surface area contributed by atoms with E-state index in [-0.39, 0.29) is 5.82 Å². The molecule has 0 atom stereocenters. The Labute approximate surface area is 149 Å². The number of carbonyl (C=O) groups is 1. The molecule has 2 aromatic carbocycles. The molecule has 0 N–H and O–H groups in total. The van der Waals surface area contributed by atoms with Gasteiger partial charge in [-0.2, -0.15) is 0 Å². The lowest BCUT2D eigenvalue weighted by Gasteiger charge is -2.21. The molecule has 0 aliphatic heterocycles. The highest BCUT2D eigenvalue weighted by Gasteiger charge is 2.14. The number of rotatable bonds is 6. The third-order valence-corrected chi connectivity index (χ3v) is 5.36. The van der Waals surface area contributed by atoms with Crippen molar-refractivity contribution in [2.75, 3.05) is 11.9 Å². The van der Waals surface area contributed by atoms with Crippen LogP contribution >= 0.6 is 0 Å². The molecule has 0 unspecified atom stereocenters. The second-order valence-electron chi connectivity index (χ2n) is 7.11. The molecule has 3 rings (SSSR count). The number of aryl methyl sites for hydroxylation is 1. The van der Waals surface area contributed by atoms with Gasteiger partial charge in [-0.1, -0.05) is 50.3 Å². The number of hydrogen-bond donors (Lipinski definition) is 0. The average molecular weight is 339 g/mol. The Hall–Kier alpha value is -2.16. The largest absolute Gasteiger partial charge is 0.318 e. The van der Waals surface area contributed by atoms with Crippen LogP contribution in [0.25, 0.3) is 11.1 Å². The zero-order valence-corrected chi connectivity index (χ0v) is 14.9. The lowest BCUT2D eigenvalue weighted by atomic mass is 9.85. The highest BCUT2D eigenvalue weighted by Crippen LogP contribution is 2.29. The quantitative estimate of drug-likeness (QED) is 0.627. The Morgan fingerprint density at radius 1 is 1.04 bits per heavy atom. The van der Waals surface area contributed by atoms with Gasteiger partial charge in [-0.3, -0.25) is 4.79 Å². The molecule has 0 saturated heterocycles. The van der Waals surface area contributed by atoms with Crippen LogP contribution in [0.15, 0.2) is 42.5 Å². The topological polar surface area (TPSA) is 20.3 Å². The summed E-state index contributed by atoms with van der Waals surface area (Å²) in [6.07, 6.45) is 9.30. The van der Waals surface area contributed by atoms with Gasteiger partial charge in [0.1, 0.15) is 5.82 Å². The maximum Gasteiger partial charge on any atom is 0.213 e. The van der Waals surface area contributed by atoms with Crippen LogP contribution in [0.2, 0.25) is 0 Å². The van der Waals surface area contributed by atoms with Crippen molar-refractivity contribution in [2.24, 2.45) is 5.92 Å². The van der Waals surface area contributed by atoms with E-state index in [1.165, 1.54) is 37.0 Å². The molecule has 2 nitrogen and oxygen atoms in total. The monoisotopic (exact) mass is 339 g/mol. The summed E-state index contributed by atoms with van der Waals surface area (Å²) >= 11 is 0. The molecule has 1 fully saturated rings. The molecule has 0 spiro atoms. The maximum atomic E-state index is 14.2. The normalized spacial score (nSPS) is 15.1. The molecule has 1 amide bonds. The van der Waals surface area contributed by atoms with Crippen molar-refractivity contribution >= 4 is 12.1 Å². The number of anilines is 1. The Morgan fingerprint density at radius 2 is 1.72 bits per heavy atom. The highest BCUT2D eigenvalue weighted by molar-refractivity contribution is 5.76. The molecular weight excluding hydrogens is 313 g/mol. The van der Waals surface area contributed by atoms with E-state index in [1.54, 1.807) is 13.1 Å². The molecular formula is C22H26FNO. The van der Waals surface area contributed by atoms with Gasteiger partial charge < -0.3 is 4.90 Å². The van der Waals surface area contributed by atoms with E-state index in [0.717, 1.165) is 47.5 Å². The van der Waals surface area contributed by atoms with Crippen molar-refractivity contribution in [3.8, 4) is 11.1 Å². The SMILES string of the molecule is CN(C=O)c1ccc(-c2ccc(F)c(CCC3CCCCC3)c2)cc1. The summed E-state index contributed by atoms with van der Waals surface area (Å²) in [6, 6.07) is 13.2. The van der Waals surface area contributed by atoms with Gasteiger partial charge in [-0.15, -0.1) is 0 Å². The summed E-state index contributed by atoms with van der Waals surface area (Å²) in [7, 11) is 1.73. The summed E-state index contributed by atoms with van der Waals surface area (Å²) in [5, 5.41) is 0. The lowest BCUT2D eigenvalue weighted by Crippen LogP contribution is -2.13. The van der Waals surface area contributed by atoms with Gasteiger partial charge in [-0.05, 0) is 59.7 Å². The molecule has 25 heavy (non-hydrogen) atoms. The van der Waals surface area contributed by atoms with Gasteiger partial charge in [0.2, 0.25) is 6.41 Å². The van der Waals surface area contributed by atoms with E-state index < -0.39 is 0 Å². The van der Waals surface area contributed by atoms with Crippen LogP contribution in [0.4, 0.5) is 10.1 Å². The second-order valence-corrected chi connectivity index (χ2v) is 7.11. The van der Waals surface area contributed by atoms with Crippen LogP contribution < -0.4 is 4.90 Å². The minimum absolute atomic E-state index is 0.100. The fraction of sp³-hybridized carbons (Fsp3) is 0.409. The third kappa shape index (κ3) is 4.47. The first-order chi connectivity index (χ1) is 12.2. The van der Waals surface area contributed by atoms with Gasteiger partial charge in [-0.25, -0.2) is 4.39 Å². The Bertz CT molecular complexity index is 704. The first kappa shape index (κ1) is 17.7.